The van der Waals surface area contributed by atoms with Crippen LogP contribution in [-0.4, -0.2) is 74.5 Å². The van der Waals surface area contributed by atoms with Gasteiger partial charge in [-0.3, -0.25) is 9.69 Å². The number of benzene rings is 1. The number of likely N-dealkylation sites (tertiary alicyclic amines) is 1. The molecule has 1 saturated heterocycles. The van der Waals surface area contributed by atoms with E-state index in [1.807, 2.05) is 11.8 Å². The number of anilines is 1. The first-order valence-corrected chi connectivity index (χ1v) is 10.4. The van der Waals surface area contributed by atoms with E-state index in [2.05, 4.69) is 0 Å². The summed E-state index contributed by atoms with van der Waals surface area (Å²) in [6.07, 6.45) is 1.88. The van der Waals surface area contributed by atoms with E-state index < -0.39 is 10.0 Å². The van der Waals surface area contributed by atoms with E-state index in [1.54, 1.807) is 23.1 Å². The van der Waals surface area contributed by atoms with Crippen molar-refractivity contribution < 1.29 is 18.3 Å². The Bertz CT molecular complexity index is 794. The minimum atomic E-state index is -3.49. The van der Waals surface area contributed by atoms with Gasteiger partial charge in [-0.15, -0.1) is 0 Å². The van der Waals surface area contributed by atoms with Gasteiger partial charge in [-0.2, -0.15) is 0 Å². The number of fused-ring (bicyclic) bond motifs is 1. The monoisotopic (exact) mass is 381 g/mol. The van der Waals surface area contributed by atoms with Gasteiger partial charge in [0.05, 0.1) is 17.5 Å². The Balaban J connectivity index is 1.82. The SMILES string of the molecule is C[C@@H]1[C@H](O)CCN1CC(=O)N1CCCc2cc(S(=O)(=O)N(C)C)ccc21. The third-order valence-electron chi connectivity index (χ3n) is 5.43. The highest BCUT2D eigenvalue weighted by Gasteiger charge is 2.32. The second-order valence-corrected chi connectivity index (χ2v) is 9.45. The lowest BCUT2D eigenvalue weighted by Crippen LogP contribution is -2.44. The molecule has 26 heavy (non-hydrogen) atoms. The molecule has 7 nitrogen and oxygen atoms in total. The van der Waals surface area contributed by atoms with Crippen LogP contribution in [0.25, 0.3) is 0 Å². The molecule has 2 aliphatic heterocycles. The van der Waals surface area contributed by atoms with Gasteiger partial charge in [0, 0.05) is 38.9 Å². The normalized spacial score (nSPS) is 24.1. The Morgan fingerprint density at radius 1 is 1.31 bits per heavy atom. The average Bonchev–Trinajstić information content (AvgIpc) is 2.92. The number of sulfonamides is 1. The Hall–Kier alpha value is -1.48. The maximum absolute atomic E-state index is 12.8. The Morgan fingerprint density at radius 2 is 2.04 bits per heavy atom. The molecule has 1 N–H and O–H groups in total. The number of carbonyl (C=O) groups excluding carboxylic acids is 1. The van der Waals surface area contributed by atoms with E-state index in [9.17, 15) is 18.3 Å². The lowest BCUT2D eigenvalue weighted by atomic mass is 10.0. The average molecular weight is 381 g/mol. The van der Waals surface area contributed by atoms with Crippen molar-refractivity contribution in [3.8, 4) is 0 Å². The molecule has 0 bridgehead atoms. The molecule has 0 saturated carbocycles. The number of hydrogen-bond acceptors (Lipinski definition) is 5. The van der Waals surface area contributed by atoms with Crippen molar-refractivity contribution in [2.75, 3.05) is 38.6 Å². The molecule has 1 aromatic carbocycles. The first-order chi connectivity index (χ1) is 12.2. The zero-order valence-electron chi connectivity index (χ0n) is 15.6. The predicted molar refractivity (Wildman–Crippen MR) is 99.6 cm³/mol. The van der Waals surface area contributed by atoms with E-state index in [1.165, 1.54) is 18.4 Å². The maximum Gasteiger partial charge on any atom is 0.242 e. The summed E-state index contributed by atoms with van der Waals surface area (Å²) in [6, 6.07) is 4.98. The third kappa shape index (κ3) is 3.51. The third-order valence-corrected chi connectivity index (χ3v) is 7.24. The van der Waals surface area contributed by atoms with Gasteiger partial charge in [-0.1, -0.05) is 0 Å². The largest absolute Gasteiger partial charge is 0.391 e. The molecule has 2 heterocycles. The molecule has 1 fully saturated rings. The Labute approximate surface area is 155 Å². The van der Waals surface area contributed by atoms with Crippen LogP contribution in [0.1, 0.15) is 25.3 Å². The van der Waals surface area contributed by atoms with Gasteiger partial charge in [0.15, 0.2) is 0 Å². The second kappa shape index (κ2) is 7.26. The first-order valence-electron chi connectivity index (χ1n) is 8.99. The van der Waals surface area contributed by atoms with Crippen LogP contribution >= 0.6 is 0 Å². The van der Waals surface area contributed by atoms with Crippen LogP contribution in [0, 0.1) is 0 Å². The smallest absolute Gasteiger partial charge is 0.242 e. The molecule has 1 amide bonds. The van der Waals surface area contributed by atoms with Crippen LogP contribution in [0.15, 0.2) is 23.1 Å². The molecule has 8 heteroatoms. The number of aliphatic hydroxyl groups is 1. The molecule has 0 aromatic heterocycles. The number of nitrogens with zero attached hydrogens (tertiary/aromatic N) is 3. The van der Waals surface area contributed by atoms with Gasteiger partial charge >= 0.3 is 0 Å². The molecule has 1 aromatic rings. The minimum absolute atomic E-state index is 0.00452. The van der Waals surface area contributed by atoms with Crippen molar-refractivity contribution in [1.82, 2.24) is 9.21 Å². The van der Waals surface area contributed by atoms with Crippen molar-refractivity contribution in [2.45, 2.75) is 43.2 Å². The van der Waals surface area contributed by atoms with Gasteiger partial charge in [0.1, 0.15) is 0 Å². The Kier molecular flexibility index (Phi) is 5.39. The van der Waals surface area contributed by atoms with Crippen LogP contribution in [0.5, 0.6) is 0 Å². The van der Waals surface area contributed by atoms with Gasteiger partial charge in [-0.05, 0) is 49.9 Å². The van der Waals surface area contributed by atoms with E-state index in [0.29, 0.717) is 13.0 Å². The molecule has 3 rings (SSSR count). The van der Waals surface area contributed by atoms with Gasteiger partial charge in [-0.25, -0.2) is 12.7 Å². The summed E-state index contributed by atoms with van der Waals surface area (Å²) in [7, 11) is -0.466. The molecule has 2 aliphatic rings. The van der Waals surface area contributed by atoms with Gasteiger partial charge in [0.2, 0.25) is 15.9 Å². The Morgan fingerprint density at radius 3 is 2.65 bits per heavy atom. The fourth-order valence-corrected chi connectivity index (χ4v) is 4.63. The number of aryl methyl sites for hydroxylation is 1. The van der Waals surface area contributed by atoms with Crippen LogP contribution < -0.4 is 4.90 Å². The lowest BCUT2D eigenvalue weighted by Gasteiger charge is -2.32. The second-order valence-electron chi connectivity index (χ2n) is 7.29. The highest BCUT2D eigenvalue weighted by Crippen LogP contribution is 2.30. The van der Waals surface area contributed by atoms with Gasteiger partial charge < -0.3 is 10.0 Å². The van der Waals surface area contributed by atoms with Crippen LogP contribution in [0.3, 0.4) is 0 Å². The minimum Gasteiger partial charge on any atom is -0.391 e. The summed E-state index contributed by atoms with van der Waals surface area (Å²) in [5.74, 6) is -0.00452. The molecule has 0 spiro atoms. The van der Waals surface area contributed by atoms with Crippen LogP contribution in [-0.2, 0) is 21.2 Å². The van der Waals surface area contributed by atoms with E-state index in [-0.39, 0.29) is 29.5 Å². The summed E-state index contributed by atoms with van der Waals surface area (Å²) < 4.78 is 25.9. The quantitative estimate of drug-likeness (QED) is 0.829. The van der Waals surface area contributed by atoms with Crippen molar-refractivity contribution in [1.29, 1.82) is 0 Å². The van der Waals surface area contributed by atoms with E-state index in [4.69, 9.17) is 0 Å². The van der Waals surface area contributed by atoms with Crippen molar-refractivity contribution >= 4 is 21.6 Å². The first kappa shape index (κ1) is 19.3. The van der Waals surface area contributed by atoms with Crippen molar-refractivity contribution in [3.05, 3.63) is 23.8 Å². The lowest BCUT2D eigenvalue weighted by molar-refractivity contribution is -0.120. The molecule has 0 unspecified atom stereocenters. The summed E-state index contributed by atoms with van der Waals surface area (Å²) in [5, 5.41) is 9.87. The van der Waals surface area contributed by atoms with Crippen molar-refractivity contribution in [2.24, 2.45) is 0 Å². The summed E-state index contributed by atoms with van der Waals surface area (Å²) in [4.78, 5) is 16.8. The molecular formula is C18H27N3O4S. The zero-order chi connectivity index (χ0) is 19.1. The number of amides is 1. The standard InChI is InChI=1S/C18H27N3O4S/c1-13-17(22)8-10-20(13)12-18(23)21-9-4-5-14-11-15(6-7-16(14)21)26(24,25)19(2)3/h6-7,11,13,17,22H,4-5,8-10,12H2,1-3H3/t13-,17-/m1/s1. The van der Waals surface area contributed by atoms with E-state index in [0.717, 1.165) is 30.6 Å². The predicted octanol–water partition coefficient (Wildman–Crippen LogP) is 0.671. The molecule has 144 valence electrons. The molecule has 2 atom stereocenters. The van der Waals surface area contributed by atoms with Crippen LogP contribution in [0.2, 0.25) is 0 Å². The number of carbonyl (C=O) groups is 1. The van der Waals surface area contributed by atoms with E-state index >= 15 is 0 Å². The van der Waals surface area contributed by atoms with Crippen LogP contribution in [0.4, 0.5) is 5.69 Å². The topological polar surface area (TPSA) is 81.2 Å². The summed E-state index contributed by atoms with van der Waals surface area (Å²) >= 11 is 0. The fraction of sp³-hybridized carbons (Fsp3) is 0.611. The number of aliphatic hydroxyl groups excluding tert-OH is 1. The van der Waals surface area contributed by atoms with Crippen molar-refractivity contribution in [3.63, 3.8) is 0 Å². The fourth-order valence-electron chi connectivity index (χ4n) is 3.67. The number of hydrogen-bond donors (Lipinski definition) is 1. The number of rotatable bonds is 4. The summed E-state index contributed by atoms with van der Waals surface area (Å²) in [5.41, 5.74) is 1.69. The highest BCUT2D eigenvalue weighted by atomic mass is 32.2. The zero-order valence-corrected chi connectivity index (χ0v) is 16.4. The maximum atomic E-state index is 12.8. The molecular weight excluding hydrogens is 354 g/mol. The molecule has 0 radical (unpaired) electrons. The van der Waals surface area contributed by atoms with Gasteiger partial charge in [0.25, 0.3) is 0 Å². The highest BCUT2D eigenvalue weighted by molar-refractivity contribution is 7.89. The molecule has 0 aliphatic carbocycles. The summed E-state index contributed by atoms with van der Waals surface area (Å²) in [6.45, 7) is 3.56.